The van der Waals surface area contributed by atoms with Crippen molar-refractivity contribution in [3.63, 3.8) is 0 Å². The van der Waals surface area contributed by atoms with Crippen molar-refractivity contribution in [2.75, 3.05) is 0 Å². The van der Waals surface area contributed by atoms with Gasteiger partial charge in [-0.1, -0.05) is 103 Å². The molecule has 3 aromatic heterocycles. The molecule has 0 saturated carbocycles. The molecule has 259 valence electrons. The second-order valence-corrected chi connectivity index (χ2v) is 26.1. The predicted octanol–water partition coefficient (Wildman–Crippen LogP) is 12.9. The van der Waals surface area contributed by atoms with E-state index in [1.807, 2.05) is 55.6 Å². The molecule has 0 bridgehead atoms. The van der Waals surface area contributed by atoms with E-state index in [1.165, 1.54) is 57.1 Å². The molecule has 0 aliphatic heterocycles. The normalized spacial score (nSPS) is 12.2. The van der Waals surface area contributed by atoms with Crippen molar-refractivity contribution in [3.8, 4) is 22.5 Å². The van der Waals surface area contributed by atoms with Crippen molar-refractivity contribution in [2.24, 2.45) is 0 Å². The van der Waals surface area contributed by atoms with Crippen LogP contribution in [0.2, 0.25) is 17.3 Å². The average molecular weight is 931 g/mol. The zero-order valence-electron chi connectivity index (χ0n) is 31.3. The van der Waals surface area contributed by atoms with Gasteiger partial charge in [-0.3, -0.25) is 4.98 Å². The summed E-state index contributed by atoms with van der Waals surface area (Å²) in [6.45, 7) is 6.03. The molecule has 0 aliphatic carbocycles. The van der Waals surface area contributed by atoms with Crippen molar-refractivity contribution in [1.29, 1.82) is 0 Å². The second kappa shape index (κ2) is 14.7. The van der Waals surface area contributed by atoms with Gasteiger partial charge < -0.3 is 0 Å². The number of rotatable bonds is 4. The van der Waals surface area contributed by atoms with Crippen molar-refractivity contribution >= 4 is 81.5 Å². The molecule has 0 aliphatic rings. The van der Waals surface area contributed by atoms with Crippen molar-refractivity contribution in [2.45, 2.75) is 43.9 Å². The van der Waals surface area contributed by atoms with Crippen LogP contribution in [0.4, 0.5) is 0 Å². The summed E-state index contributed by atoms with van der Waals surface area (Å²) < 4.78 is 12.5. The van der Waals surface area contributed by atoms with E-state index >= 15 is 0 Å². The van der Waals surface area contributed by atoms with Gasteiger partial charge in [0.05, 0.1) is 0 Å². The van der Waals surface area contributed by atoms with Crippen LogP contribution in [0.25, 0.3) is 75.0 Å². The molecule has 0 atom stereocenters. The predicted molar refractivity (Wildman–Crippen MR) is 224 cm³/mol. The molecule has 0 saturated heterocycles. The maximum absolute atomic E-state index is 8.53. The molecule has 52 heavy (non-hydrogen) atoms. The monoisotopic (exact) mass is 932 g/mol. The Kier molecular flexibility index (Phi) is 9.84. The minimum Gasteiger partial charge on any atom is -0.295 e. The zero-order chi connectivity index (χ0) is 36.2. The van der Waals surface area contributed by atoms with Gasteiger partial charge in [-0.2, -0.15) is 11.3 Å². The van der Waals surface area contributed by atoms with E-state index in [4.69, 9.17) is 6.35 Å². The molecule has 0 N–H and O–H groups in total. The minimum atomic E-state index is -1.77. The molecule has 6 aromatic carbocycles. The van der Waals surface area contributed by atoms with Crippen LogP contribution >= 0.6 is 11.3 Å². The molecule has 1 radical (unpaired) electrons. The Morgan fingerprint density at radius 2 is 1.44 bits per heavy atom. The van der Waals surface area contributed by atoms with Crippen molar-refractivity contribution in [3.05, 3.63) is 151 Å². The third-order valence-corrected chi connectivity index (χ3v) is 15.5. The maximum atomic E-state index is 8.53. The quantitative estimate of drug-likeness (QED) is 0.0998. The Labute approximate surface area is 328 Å². The first-order valence-electron chi connectivity index (χ1n) is 18.0. The Balaban J connectivity index is 0.000000205. The number of fused-ring (bicyclic) bond motifs is 9. The van der Waals surface area contributed by atoms with Gasteiger partial charge in [0, 0.05) is 38.1 Å². The summed E-state index contributed by atoms with van der Waals surface area (Å²) in [6.07, 6.45) is 3.90. The Morgan fingerprint density at radius 1 is 0.712 bits per heavy atom. The SMILES string of the molecule is Cc1cc(-c2[c-]cccc2)nc[c]1[Ge]([CH3])([CH3])[CH3].[2H]C(C)(C)c1ccnc(-c2[c-]c3ccccc3c3c2sc2c4ccc5ccccc5c4ccc23)c1.[Ir]. The maximum Gasteiger partial charge on any atom is 0.0346 e. The van der Waals surface area contributed by atoms with E-state index in [2.05, 4.69) is 139 Å². The number of nitrogens with zero attached hydrogens (tertiary/aromatic N) is 2. The Morgan fingerprint density at radius 3 is 2.19 bits per heavy atom. The number of aryl methyl sites for hydroxylation is 1. The number of hydrogen-bond donors (Lipinski definition) is 0. The molecule has 0 unspecified atom stereocenters. The standard InChI is InChI=1S/C32H22NS.C15H18GeN.Ir/c1-19(2)21-15-16-33-29(18-21)28-17-22-8-4-6-10-24(22)30-27-14-13-25-23-9-5-3-7-20(23)11-12-26(25)31(27)34-32(28)30;1-12-10-15(13-8-6-5-7-9-13)17-11-14(12)16(2,3)4;/h3-16,18-19H,1-2H3;5-8,10-11H,1-4H3;/q2*-1;/i19D;;. The molecule has 0 fully saturated rings. The average Bonchev–Trinajstić information content (AvgIpc) is 3.55. The third-order valence-electron chi connectivity index (χ3n) is 9.76. The fraction of sp³-hybridized carbons (Fsp3) is 0.149. The van der Waals surface area contributed by atoms with E-state index < -0.39 is 19.2 Å². The van der Waals surface area contributed by atoms with E-state index in [1.54, 1.807) is 0 Å². The summed E-state index contributed by atoms with van der Waals surface area (Å²) in [6, 6.07) is 47.3. The summed E-state index contributed by atoms with van der Waals surface area (Å²) in [5.74, 6) is 6.51. The number of hydrogen-bond acceptors (Lipinski definition) is 3. The van der Waals surface area contributed by atoms with Crippen LogP contribution in [0.15, 0.2) is 128 Å². The van der Waals surface area contributed by atoms with Crippen LogP contribution in [0.3, 0.4) is 0 Å². The Bertz CT molecular complexity index is 2780. The largest absolute Gasteiger partial charge is 0.295 e. The fourth-order valence-electron chi connectivity index (χ4n) is 7.19. The number of pyridine rings is 2. The smallest absolute Gasteiger partial charge is 0.0346 e. The molecule has 2 nitrogen and oxygen atoms in total. The summed E-state index contributed by atoms with van der Waals surface area (Å²) in [5.41, 5.74) is 6.32. The molecular weight excluding hydrogens is 889 g/mol. The first-order chi connectivity index (χ1) is 25.0. The van der Waals surface area contributed by atoms with Gasteiger partial charge in [-0.25, -0.2) is 0 Å². The van der Waals surface area contributed by atoms with Crippen molar-refractivity contribution in [1.82, 2.24) is 9.97 Å². The van der Waals surface area contributed by atoms with Gasteiger partial charge in [-0.05, 0) is 49.2 Å². The van der Waals surface area contributed by atoms with Crippen LogP contribution in [0, 0.1) is 19.1 Å². The fourth-order valence-corrected chi connectivity index (χ4v) is 12.1. The topological polar surface area (TPSA) is 25.8 Å². The van der Waals surface area contributed by atoms with E-state index in [0.717, 1.165) is 33.5 Å². The van der Waals surface area contributed by atoms with Gasteiger partial charge in [0.25, 0.3) is 0 Å². The van der Waals surface area contributed by atoms with Gasteiger partial charge in [0.15, 0.2) is 0 Å². The minimum absolute atomic E-state index is 0. The van der Waals surface area contributed by atoms with Crippen LogP contribution in [-0.4, -0.2) is 23.2 Å². The van der Waals surface area contributed by atoms with Crippen molar-refractivity contribution < 1.29 is 21.5 Å². The van der Waals surface area contributed by atoms with Gasteiger partial charge >= 0.3 is 106 Å². The van der Waals surface area contributed by atoms with Gasteiger partial charge in [-0.15, -0.1) is 17.5 Å². The van der Waals surface area contributed by atoms with E-state index in [-0.39, 0.29) is 20.1 Å². The molecule has 0 spiro atoms. The number of aromatic nitrogens is 2. The Hall–Kier alpha value is -4.19. The first kappa shape index (κ1) is 34.9. The number of benzene rings is 6. The molecule has 9 rings (SSSR count). The van der Waals surface area contributed by atoms with Crippen LogP contribution in [-0.2, 0) is 20.1 Å². The van der Waals surface area contributed by atoms with E-state index in [0.29, 0.717) is 0 Å². The second-order valence-electron chi connectivity index (χ2n) is 14.5. The number of thiophene rings is 1. The summed E-state index contributed by atoms with van der Waals surface area (Å²) in [4.78, 5) is 9.34. The van der Waals surface area contributed by atoms with Crippen LogP contribution < -0.4 is 4.40 Å². The van der Waals surface area contributed by atoms with Gasteiger partial charge in [0.1, 0.15) is 0 Å². The van der Waals surface area contributed by atoms with Crippen LogP contribution in [0.1, 0.15) is 32.2 Å². The molecule has 3 heterocycles. The molecular formula is C47H40GeIrN2S-2. The molecule has 5 heteroatoms. The van der Waals surface area contributed by atoms with E-state index in [9.17, 15) is 0 Å². The summed E-state index contributed by atoms with van der Waals surface area (Å²) in [5, 5.41) is 9.96. The third kappa shape index (κ3) is 6.74. The van der Waals surface area contributed by atoms with Gasteiger partial charge in [0.2, 0.25) is 0 Å². The summed E-state index contributed by atoms with van der Waals surface area (Å²) >= 11 is 0.0586. The first-order valence-corrected chi connectivity index (χ1v) is 25.7. The van der Waals surface area contributed by atoms with Crippen LogP contribution in [0.5, 0.6) is 0 Å². The zero-order valence-corrected chi connectivity index (χ0v) is 35.6. The molecule has 0 amide bonds. The summed E-state index contributed by atoms with van der Waals surface area (Å²) in [7, 11) is 0. The molecule has 9 aromatic rings.